The Morgan fingerprint density at radius 2 is 1.52 bits per heavy atom. The fourth-order valence-electron chi connectivity index (χ4n) is 3.88. The molecule has 132 valence electrons. The van der Waals surface area contributed by atoms with Crippen LogP contribution in [-0.4, -0.2) is 24.5 Å². The zero-order valence-electron chi connectivity index (χ0n) is 16.8. The molecule has 4 heteroatoms. The van der Waals surface area contributed by atoms with Crippen LogP contribution >= 0.6 is 0 Å². The van der Waals surface area contributed by atoms with Crippen LogP contribution in [-0.2, 0) is 4.43 Å². The molecule has 1 rings (SSSR count). The first kappa shape index (κ1) is 20.8. The Bertz CT molecular complexity index is 471. The summed E-state index contributed by atoms with van der Waals surface area (Å²) in [5.41, 5.74) is 2.29. The molecule has 0 aromatic carbocycles. The van der Waals surface area contributed by atoms with Crippen LogP contribution in [0, 0.1) is 12.0 Å². The molecule has 0 spiro atoms. The first-order chi connectivity index (χ1) is 10.4. The Balaban J connectivity index is 3.21. The molecular formula is C19H38OSi3. The summed E-state index contributed by atoms with van der Waals surface area (Å²) >= 11 is 0. The molecule has 1 unspecified atom stereocenters. The van der Waals surface area contributed by atoms with Gasteiger partial charge in [-0.3, -0.25) is 0 Å². The molecule has 0 amide bonds. The van der Waals surface area contributed by atoms with Crippen molar-refractivity contribution >= 4 is 24.5 Å². The van der Waals surface area contributed by atoms with Crippen LogP contribution in [0.5, 0.6) is 0 Å². The molecule has 0 aliphatic heterocycles. The SMILES string of the molecule is C=C[Si](C)(C)C(C)[Si](C)(C)C1(C#CO[Si](C)(C)C)CCCCC1. The molecule has 0 heterocycles. The molecular weight excluding hydrogens is 328 g/mol. The van der Waals surface area contributed by atoms with Crippen molar-refractivity contribution in [1.82, 2.24) is 0 Å². The molecule has 1 aliphatic carbocycles. The topological polar surface area (TPSA) is 9.23 Å². The van der Waals surface area contributed by atoms with Gasteiger partial charge in [0.25, 0.3) is 8.32 Å². The van der Waals surface area contributed by atoms with Crippen molar-refractivity contribution in [1.29, 1.82) is 0 Å². The molecule has 0 aromatic heterocycles. The monoisotopic (exact) mass is 366 g/mol. The number of hydrogen-bond acceptors (Lipinski definition) is 1. The van der Waals surface area contributed by atoms with E-state index in [1.54, 1.807) is 0 Å². The lowest BCUT2D eigenvalue weighted by Gasteiger charge is -2.51. The van der Waals surface area contributed by atoms with Gasteiger partial charge in [-0.05, 0) is 37.6 Å². The normalized spacial score (nSPS) is 20.2. The van der Waals surface area contributed by atoms with Gasteiger partial charge in [0.15, 0.2) is 0 Å². The Hall–Kier alpha value is -0.249. The van der Waals surface area contributed by atoms with E-state index < -0.39 is 24.5 Å². The number of rotatable bonds is 5. The summed E-state index contributed by atoms with van der Waals surface area (Å²) in [6, 6.07) is 0. The lowest BCUT2D eigenvalue weighted by atomic mass is 9.88. The summed E-state index contributed by atoms with van der Waals surface area (Å²) in [5, 5.41) is 1.02. The van der Waals surface area contributed by atoms with Gasteiger partial charge < -0.3 is 4.43 Å². The van der Waals surface area contributed by atoms with Crippen LogP contribution in [0.2, 0.25) is 56.0 Å². The third-order valence-corrected chi connectivity index (χ3v) is 20.0. The molecule has 0 aromatic rings. The van der Waals surface area contributed by atoms with Crippen LogP contribution < -0.4 is 0 Å². The van der Waals surface area contributed by atoms with Crippen molar-refractivity contribution in [3.8, 4) is 12.0 Å². The van der Waals surface area contributed by atoms with E-state index >= 15 is 0 Å². The van der Waals surface area contributed by atoms with E-state index in [4.69, 9.17) is 4.43 Å². The molecule has 1 nitrogen and oxygen atoms in total. The number of hydrogen-bond donors (Lipinski definition) is 0. The summed E-state index contributed by atoms with van der Waals surface area (Å²) in [7, 11) is -4.52. The minimum atomic E-state index is -1.57. The van der Waals surface area contributed by atoms with E-state index in [-0.39, 0.29) is 5.04 Å². The molecule has 0 N–H and O–H groups in total. The summed E-state index contributed by atoms with van der Waals surface area (Å²) in [6.07, 6.45) is 9.80. The summed E-state index contributed by atoms with van der Waals surface area (Å²) in [6.45, 7) is 23.4. The average Bonchev–Trinajstić information content (AvgIpc) is 2.45. The highest BCUT2D eigenvalue weighted by atomic mass is 28.4. The van der Waals surface area contributed by atoms with Crippen molar-refractivity contribution in [3.05, 3.63) is 12.3 Å². The van der Waals surface area contributed by atoms with E-state index in [0.717, 1.165) is 5.16 Å². The Morgan fingerprint density at radius 3 is 1.96 bits per heavy atom. The van der Waals surface area contributed by atoms with Crippen molar-refractivity contribution in [2.45, 2.75) is 95.1 Å². The predicted molar refractivity (Wildman–Crippen MR) is 113 cm³/mol. The first-order valence-corrected chi connectivity index (χ1v) is 18.9. The first-order valence-electron chi connectivity index (χ1n) is 9.22. The van der Waals surface area contributed by atoms with E-state index in [9.17, 15) is 0 Å². The second-order valence-electron chi connectivity index (χ2n) is 9.55. The van der Waals surface area contributed by atoms with E-state index in [1.165, 1.54) is 32.1 Å². The Labute approximate surface area is 148 Å². The van der Waals surface area contributed by atoms with E-state index in [1.807, 2.05) is 0 Å². The molecule has 1 atom stereocenters. The molecule has 0 saturated heterocycles. The third kappa shape index (κ3) is 4.87. The van der Waals surface area contributed by atoms with Crippen LogP contribution in [0.15, 0.2) is 12.3 Å². The quantitative estimate of drug-likeness (QED) is 0.394. The lowest BCUT2D eigenvalue weighted by Crippen LogP contribution is -2.53. The van der Waals surface area contributed by atoms with Gasteiger partial charge in [0.05, 0.1) is 22.3 Å². The summed E-state index contributed by atoms with van der Waals surface area (Å²) < 4.78 is 5.94. The van der Waals surface area contributed by atoms with Gasteiger partial charge in [-0.2, -0.15) is 0 Å². The maximum atomic E-state index is 5.94. The maximum Gasteiger partial charge on any atom is 0.255 e. The molecule has 0 bridgehead atoms. The molecule has 0 radical (unpaired) electrons. The second-order valence-corrected chi connectivity index (χ2v) is 24.7. The van der Waals surface area contributed by atoms with Gasteiger partial charge in [-0.1, -0.05) is 58.3 Å². The second kappa shape index (κ2) is 7.33. The van der Waals surface area contributed by atoms with Crippen molar-refractivity contribution in [2.75, 3.05) is 0 Å². The Morgan fingerprint density at radius 1 is 1.00 bits per heavy atom. The third-order valence-electron chi connectivity index (χ3n) is 6.31. The maximum absolute atomic E-state index is 5.94. The largest absolute Gasteiger partial charge is 0.501 e. The van der Waals surface area contributed by atoms with Gasteiger partial charge in [0, 0.05) is 5.04 Å². The molecule has 23 heavy (non-hydrogen) atoms. The van der Waals surface area contributed by atoms with Crippen LogP contribution in [0.1, 0.15) is 39.0 Å². The summed E-state index contributed by atoms with van der Waals surface area (Å²) in [4.78, 5) is 0. The van der Waals surface area contributed by atoms with Gasteiger partial charge in [0.1, 0.15) is 0 Å². The standard InChI is InChI=1S/C19H38OSi3/c1-10-22(6,7)18(2)23(8,9)19(14-12-11-13-15-19)16-17-20-21(3,4)5/h10,18H,1,11-15H2,2-9H3. The molecule has 1 aliphatic rings. The van der Waals surface area contributed by atoms with E-state index in [0.29, 0.717) is 0 Å². The molecule has 1 fully saturated rings. The lowest BCUT2D eigenvalue weighted by molar-refractivity contribution is 0.425. The Kier molecular flexibility index (Phi) is 6.63. The van der Waals surface area contributed by atoms with Crippen molar-refractivity contribution in [3.63, 3.8) is 0 Å². The highest BCUT2D eigenvalue weighted by molar-refractivity contribution is 7.00. The minimum Gasteiger partial charge on any atom is -0.501 e. The fourth-order valence-corrected chi connectivity index (χ4v) is 16.1. The highest BCUT2D eigenvalue weighted by Gasteiger charge is 2.52. The van der Waals surface area contributed by atoms with Crippen molar-refractivity contribution < 1.29 is 4.43 Å². The van der Waals surface area contributed by atoms with Crippen LogP contribution in [0.25, 0.3) is 0 Å². The van der Waals surface area contributed by atoms with Crippen LogP contribution in [0.3, 0.4) is 0 Å². The smallest absolute Gasteiger partial charge is 0.255 e. The highest BCUT2D eigenvalue weighted by Crippen LogP contribution is 2.55. The van der Waals surface area contributed by atoms with Crippen LogP contribution in [0.4, 0.5) is 0 Å². The van der Waals surface area contributed by atoms with E-state index in [2.05, 4.69) is 77.1 Å². The van der Waals surface area contributed by atoms with Crippen molar-refractivity contribution in [2.24, 2.45) is 0 Å². The zero-order valence-corrected chi connectivity index (χ0v) is 19.8. The van der Waals surface area contributed by atoms with Gasteiger partial charge >= 0.3 is 0 Å². The minimum absolute atomic E-state index is 0.234. The van der Waals surface area contributed by atoms with Gasteiger partial charge in [-0.15, -0.1) is 12.3 Å². The average molecular weight is 367 g/mol. The molecule has 1 saturated carbocycles. The van der Waals surface area contributed by atoms with Gasteiger partial charge in [-0.25, -0.2) is 0 Å². The fraction of sp³-hybridized carbons (Fsp3) is 0.789. The predicted octanol–water partition coefficient (Wildman–Crippen LogP) is 6.57. The summed E-state index contributed by atoms with van der Waals surface area (Å²) in [5.74, 6) is 3.72. The van der Waals surface area contributed by atoms with Gasteiger partial charge in [0.2, 0.25) is 0 Å². The zero-order chi connectivity index (χ0) is 17.9.